The number of rotatable bonds is 2. The Morgan fingerprint density at radius 3 is 2.71 bits per heavy atom. The van der Waals surface area contributed by atoms with E-state index in [-0.39, 0.29) is 16.3 Å². The Morgan fingerprint density at radius 2 is 2.21 bits per heavy atom. The average molecular weight is 215 g/mol. The van der Waals surface area contributed by atoms with Gasteiger partial charge in [0.1, 0.15) is 5.56 Å². The molecule has 1 aromatic rings. The minimum absolute atomic E-state index is 0.0370. The summed E-state index contributed by atoms with van der Waals surface area (Å²) < 4.78 is 0. The van der Waals surface area contributed by atoms with E-state index in [4.69, 9.17) is 11.6 Å². The summed E-state index contributed by atoms with van der Waals surface area (Å²) in [6.07, 6.45) is 0. The van der Waals surface area contributed by atoms with Crippen LogP contribution >= 0.6 is 11.6 Å². The molecule has 0 fully saturated rings. The van der Waals surface area contributed by atoms with Gasteiger partial charge in [0.15, 0.2) is 0 Å². The van der Waals surface area contributed by atoms with Gasteiger partial charge in [-0.3, -0.25) is 14.9 Å². The van der Waals surface area contributed by atoms with Crippen LogP contribution in [0.1, 0.15) is 10.4 Å². The van der Waals surface area contributed by atoms with Crippen LogP contribution in [0.15, 0.2) is 18.2 Å². The summed E-state index contributed by atoms with van der Waals surface area (Å²) in [6.45, 7) is 0. The van der Waals surface area contributed by atoms with Crippen LogP contribution in [0.4, 0.5) is 5.69 Å². The maximum atomic E-state index is 11.2. The van der Waals surface area contributed by atoms with Crippen LogP contribution < -0.4 is 5.32 Å². The van der Waals surface area contributed by atoms with Crippen molar-refractivity contribution >= 4 is 23.2 Å². The molecule has 0 heterocycles. The van der Waals surface area contributed by atoms with Crippen molar-refractivity contribution in [1.29, 1.82) is 0 Å². The topological polar surface area (TPSA) is 72.2 Å². The van der Waals surface area contributed by atoms with E-state index in [0.717, 1.165) is 0 Å². The van der Waals surface area contributed by atoms with Crippen molar-refractivity contribution in [2.45, 2.75) is 0 Å². The average Bonchev–Trinajstić information content (AvgIpc) is 2.16. The van der Waals surface area contributed by atoms with Crippen molar-refractivity contribution in [3.8, 4) is 0 Å². The Labute approximate surface area is 84.8 Å². The van der Waals surface area contributed by atoms with Crippen molar-refractivity contribution in [3.05, 3.63) is 38.9 Å². The van der Waals surface area contributed by atoms with Gasteiger partial charge in [-0.15, -0.1) is 0 Å². The van der Waals surface area contributed by atoms with E-state index in [0.29, 0.717) is 0 Å². The first-order valence-electron chi connectivity index (χ1n) is 3.72. The number of amides is 1. The molecule has 74 valence electrons. The number of hydrogen-bond donors (Lipinski definition) is 1. The molecular formula is C8H7ClN2O3. The van der Waals surface area contributed by atoms with Gasteiger partial charge in [0, 0.05) is 18.1 Å². The maximum Gasteiger partial charge on any atom is 0.282 e. The molecule has 0 saturated carbocycles. The van der Waals surface area contributed by atoms with E-state index in [1.54, 1.807) is 0 Å². The molecule has 0 radical (unpaired) electrons. The zero-order valence-electron chi connectivity index (χ0n) is 7.28. The summed E-state index contributed by atoms with van der Waals surface area (Å²) in [4.78, 5) is 21.1. The fourth-order valence-electron chi connectivity index (χ4n) is 0.984. The Hall–Kier alpha value is -1.62. The molecule has 0 aliphatic carbocycles. The summed E-state index contributed by atoms with van der Waals surface area (Å²) in [6, 6.07) is 3.83. The molecule has 0 aliphatic rings. The third kappa shape index (κ3) is 2.00. The molecule has 0 spiro atoms. The van der Waals surface area contributed by atoms with Crippen LogP contribution in [-0.2, 0) is 0 Å². The van der Waals surface area contributed by atoms with Crippen LogP contribution in [0.2, 0.25) is 5.02 Å². The molecule has 0 saturated heterocycles. The first-order chi connectivity index (χ1) is 6.56. The zero-order chi connectivity index (χ0) is 10.7. The number of carbonyl (C=O) groups is 1. The van der Waals surface area contributed by atoms with Crippen molar-refractivity contribution in [2.75, 3.05) is 7.05 Å². The molecule has 0 aromatic heterocycles. The number of nitrogens with zero attached hydrogens (tertiary/aromatic N) is 1. The fraction of sp³-hybridized carbons (Fsp3) is 0.125. The summed E-state index contributed by atoms with van der Waals surface area (Å²) in [5.74, 6) is -0.529. The molecular weight excluding hydrogens is 208 g/mol. The van der Waals surface area contributed by atoms with Crippen molar-refractivity contribution < 1.29 is 9.72 Å². The number of benzene rings is 1. The largest absolute Gasteiger partial charge is 0.355 e. The standard InChI is InChI=1S/C8H7ClN2O3/c1-10-8(12)6-4-5(9)2-3-7(6)11(13)14/h2-4H,1H3,(H,10,12). The second kappa shape index (κ2) is 4.06. The SMILES string of the molecule is CNC(=O)c1cc(Cl)ccc1[N+](=O)[O-]. The number of nitro benzene ring substituents is 1. The lowest BCUT2D eigenvalue weighted by atomic mass is 10.1. The van der Waals surface area contributed by atoms with E-state index < -0.39 is 10.8 Å². The second-order valence-electron chi connectivity index (χ2n) is 2.50. The lowest BCUT2D eigenvalue weighted by Crippen LogP contribution is -2.19. The van der Waals surface area contributed by atoms with E-state index >= 15 is 0 Å². The van der Waals surface area contributed by atoms with Gasteiger partial charge in [-0.05, 0) is 12.1 Å². The molecule has 0 bridgehead atoms. The van der Waals surface area contributed by atoms with E-state index in [1.165, 1.54) is 25.2 Å². The van der Waals surface area contributed by atoms with Gasteiger partial charge < -0.3 is 5.32 Å². The van der Waals surface area contributed by atoms with Crippen LogP contribution in [0, 0.1) is 10.1 Å². The molecule has 0 aliphatic heterocycles. The highest BCUT2D eigenvalue weighted by molar-refractivity contribution is 6.31. The summed E-state index contributed by atoms with van der Waals surface area (Å²) in [5.41, 5.74) is -0.293. The molecule has 6 heteroatoms. The lowest BCUT2D eigenvalue weighted by Gasteiger charge is -2.01. The third-order valence-corrected chi connectivity index (χ3v) is 1.86. The monoisotopic (exact) mass is 214 g/mol. The first-order valence-corrected chi connectivity index (χ1v) is 4.10. The molecule has 1 aromatic carbocycles. The highest BCUT2D eigenvalue weighted by Gasteiger charge is 2.18. The predicted molar refractivity (Wildman–Crippen MR) is 51.5 cm³/mol. The maximum absolute atomic E-state index is 11.2. The molecule has 14 heavy (non-hydrogen) atoms. The summed E-state index contributed by atoms with van der Waals surface area (Å²) >= 11 is 5.62. The lowest BCUT2D eigenvalue weighted by molar-refractivity contribution is -0.385. The van der Waals surface area contributed by atoms with Gasteiger partial charge in [-0.1, -0.05) is 11.6 Å². The van der Waals surface area contributed by atoms with Gasteiger partial charge in [-0.2, -0.15) is 0 Å². The molecule has 0 atom stereocenters. The molecule has 1 N–H and O–H groups in total. The van der Waals surface area contributed by atoms with Crippen molar-refractivity contribution in [3.63, 3.8) is 0 Å². The van der Waals surface area contributed by atoms with Gasteiger partial charge in [-0.25, -0.2) is 0 Å². The van der Waals surface area contributed by atoms with Crippen LogP contribution in [0.3, 0.4) is 0 Å². The minimum Gasteiger partial charge on any atom is -0.355 e. The Morgan fingerprint density at radius 1 is 1.57 bits per heavy atom. The Kier molecular flexibility index (Phi) is 3.03. The summed E-state index contributed by atoms with van der Waals surface area (Å²) in [5, 5.41) is 13.1. The van der Waals surface area contributed by atoms with Crippen LogP contribution in [0.5, 0.6) is 0 Å². The van der Waals surface area contributed by atoms with Gasteiger partial charge >= 0.3 is 0 Å². The van der Waals surface area contributed by atoms with Crippen molar-refractivity contribution in [2.24, 2.45) is 0 Å². The molecule has 5 nitrogen and oxygen atoms in total. The van der Waals surface area contributed by atoms with Crippen LogP contribution in [-0.4, -0.2) is 17.9 Å². The Balaban J connectivity index is 3.29. The summed E-state index contributed by atoms with van der Waals surface area (Å²) in [7, 11) is 1.40. The molecule has 1 amide bonds. The first kappa shape index (κ1) is 10.5. The van der Waals surface area contributed by atoms with E-state index in [2.05, 4.69) is 5.32 Å². The number of nitrogens with one attached hydrogen (secondary N) is 1. The minimum atomic E-state index is -0.624. The van der Waals surface area contributed by atoms with Gasteiger partial charge in [0.2, 0.25) is 0 Å². The van der Waals surface area contributed by atoms with E-state index in [1.807, 2.05) is 0 Å². The normalized spacial score (nSPS) is 9.57. The van der Waals surface area contributed by atoms with Crippen LogP contribution in [0.25, 0.3) is 0 Å². The predicted octanol–water partition coefficient (Wildman–Crippen LogP) is 1.61. The van der Waals surface area contributed by atoms with Crippen molar-refractivity contribution in [1.82, 2.24) is 5.32 Å². The second-order valence-corrected chi connectivity index (χ2v) is 2.93. The van der Waals surface area contributed by atoms with Gasteiger partial charge in [0.25, 0.3) is 11.6 Å². The fourth-order valence-corrected chi connectivity index (χ4v) is 1.16. The quantitative estimate of drug-likeness (QED) is 0.601. The highest BCUT2D eigenvalue weighted by Crippen LogP contribution is 2.22. The zero-order valence-corrected chi connectivity index (χ0v) is 8.04. The number of hydrogen-bond acceptors (Lipinski definition) is 3. The smallest absolute Gasteiger partial charge is 0.282 e. The molecule has 1 rings (SSSR count). The third-order valence-electron chi connectivity index (χ3n) is 1.63. The number of carbonyl (C=O) groups excluding carboxylic acids is 1. The highest BCUT2D eigenvalue weighted by atomic mass is 35.5. The Bertz CT molecular complexity index is 392. The van der Waals surface area contributed by atoms with E-state index in [9.17, 15) is 14.9 Å². The number of halogens is 1. The van der Waals surface area contributed by atoms with Gasteiger partial charge in [0.05, 0.1) is 4.92 Å². The molecule has 0 unspecified atom stereocenters. The number of nitro groups is 1.